The number of ether oxygens (including phenoxy) is 2. The van der Waals surface area contributed by atoms with Crippen LogP contribution in [-0.4, -0.2) is 69.0 Å². The van der Waals surface area contributed by atoms with Crippen molar-refractivity contribution in [3.63, 3.8) is 0 Å². The molecule has 2 aliphatic heterocycles. The number of fused-ring (bicyclic) bond motifs is 1. The summed E-state index contributed by atoms with van der Waals surface area (Å²) in [6.45, 7) is 10.7. The van der Waals surface area contributed by atoms with Crippen molar-refractivity contribution in [2.45, 2.75) is 45.6 Å². The van der Waals surface area contributed by atoms with Gasteiger partial charge in [-0.05, 0) is 57.1 Å². The second-order valence-corrected chi connectivity index (χ2v) is 9.15. The molecular formula is C23H34N4O2. The third-order valence-corrected chi connectivity index (χ3v) is 7.46. The van der Waals surface area contributed by atoms with Gasteiger partial charge in [-0.1, -0.05) is 0 Å². The molecule has 158 valence electrons. The van der Waals surface area contributed by atoms with Gasteiger partial charge in [0.25, 0.3) is 0 Å². The maximum absolute atomic E-state index is 9.37. The first kappa shape index (κ1) is 20.6. The number of methoxy groups -OCH3 is 1. The highest BCUT2D eigenvalue weighted by Crippen LogP contribution is 2.48. The lowest BCUT2D eigenvalue weighted by atomic mass is 9.62. The summed E-state index contributed by atoms with van der Waals surface area (Å²) in [5.74, 6) is 1.71. The molecule has 1 aromatic heterocycles. The Morgan fingerprint density at radius 2 is 2.07 bits per heavy atom. The van der Waals surface area contributed by atoms with Crippen LogP contribution in [0.3, 0.4) is 0 Å². The van der Waals surface area contributed by atoms with E-state index in [1.165, 1.54) is 25.7 Å². The first-order valence-electron chi connectivity index (χ1n) is 11.0. The molecule has 4 rings (SSSR count). The second kappa shape index (κ2) is 8.59. The number of pyridine rings is 1. The maximum atomic E-state index is 9.37. The summed E-state index contributed by atoms with van der Waals surface area (Å²) in [6.07, 6.45) is 4.91. The molecule has 29 heavy (non-hydrogen) atoms. The quantitative estimate of drug-likeness (QED) is 0.777. The molecule has 0 amide bonds. The number of rotatable bonds is 4. The van der Waals surface area contributed by atoms with Crippen LogP contribution in [0.4, 0.5) is 5.82 Å². The average Bonchev–Trinajstić information content (AvgIpc) is 2.73. The molecule has 0 radical (unpaired) electrons. The van der Waals surface area contributed by atoms with Crippen molar-refractivity contribution < 1.29 is 9.47 Å². The number of anilines is 1. The maximum Gasteiger partial charge on any atom is 0.129 e. The minimum Gasteiger partial charge on any atom is -0.384 e. The lowest BCUT2D eigenvalue weighted by molar-refractivity contribution is -0.0540. The van der Waals surface area contributed by atoms with Crippen LogP contribution in [0.15, 0.2) is 6.07 Å². The third kappa shape index (κ3) is 4.01. The number of hydrogen-bond donors (Lipinski definition) is 0. The summed E-state index contributed by atoms with van der Waals surface area (Å²) in [4.78, 5) is 9.88. The Labute approximate surface area is 174 Å². The Morgan fingerprint density at radius 1 is 1.28 bits per heavy atom. The second-order valence-electron chi connectivity index (χ2n) is 9.15. The number of nitrogens with zero attached hydrogens (tertiary/aromatic N) is 4. The summed E-state index contributed by atoms with van der Waals surface area (Å²) < 4.78 is 11.3. The minimum absolute atomic E-state index is 0.202. The Balaban J connectivity index is 1.52. The van der Waals surface area contributed by atoms with Crippen LogP contribution in [0.5, 0.6) is 0 Å². The summed E-state index contributed by atoms with van der Waals surface area (Å²) in [5.41, 5.74) is 2.77. The predicted octanol–water partition coefficient (Wildman–Crippen LogP) is 2.91. The fourth-order valence-corrected chi connectivity index (χ4v) is 5.89. The molecule has 0 unspecified atom stereocenters. The molecule has 3 heterocycles. The van der Waals surface area contributed by atoms with Gasteiger partial charge in [-0.3, -0.25) is 4.90 Å². The third-order valence-electron chi connectivity index (χ3n) is 7.46. The molecule has 0 bridgehead atoms. The van der Waals surface area contributed by atoms with Crippen molar-refractivity contribution in [1.29, 1.82) is 5.26 Å². The lowest BCUT2D eigenvalue weighted by Gasteiger charge is -2.54. The van der Waals surface area contributed by atoms with Gasteiger partial charge < -0.3 is 14.4 Å². The van der Waals surface area contributed by atoms with Crippen LogP contribution in [0, 0.1) is 36.5 Å². The molecular weight excluding hydrogens is 364 g/mol. The van der Waals surface area contributed by atoms with Gasteiger partial charge in [0.05, 0.1) is 31.1 Å². The van der Waals surface area contributed by atoms with Crippen LogP contribution < -0.4 is 4.90 Å². The average molecular weight is 399 g/mol. The Morgan fingerprint density at radius 3 is 2.76 bits per heavy atom. The number of aryl methyl sites for hydroxylation is 2. The number of aromatic nitrogens is 1. The summed E-state index contributed by atoms with van der Waals surface area (Å²) in [7, 11) is 1.84. The fraction of sp³-hybridized carbons (Fsp3) is 0.739. The molecule has 6 nitrogen and oxygen atoms in total. The van der Waals surface area contributed by atoms with Crippen molar-refractivity contribution in [1.82, 2.24) is 9.88 Å². The van der Waals surface area contributed by atoms with Crippen LogP contribution >= 0.6 is 0 Å². The molecule has 0 aromatic carbocycles. The molecule has 0 N–H and O–H groups in total. The Bertz CT molecular complexity index is 748. The SMILES string of the molecule is COC[C@@]12CC[C@@H](N3CCOCC3)C[C@H]1CCN(c1cc(C)c(C#N)c(C)n1)C2. The number of piperidine rings is 1. The van der Waals surface area contributed by atoms with Crippen molar-refractivity contribution in [3.05, 3.63) is 22.9 Å². The highest BCUT2D eigenvalue weighted by molar-refractivity contribution is 5.50. The van der Waals surface area contributed by atoms with Gasteiger partial charge in [-0.25, -0.2) is 4.98 Å². The van der Waals surface area contributed by atoms with Crippen LogP contribution in [0.1, 0.15) is 42.5 Å². The molecule has 6 heteroatoms. The van der Waals surface area contributed by atoms with Crippen LogP contribution in [0.25, 0.3) is 0 Å². The van der Waals surface area contributed by atoms with Gasteiger partial charge in [0.2, 0.25) is 0 Å². The number of nitriles is 1. The molecule has 2 saturated heterocycles. The van der Waals surface area contributed by atoms with Gasteiger partial charge in [-0.2, -0.15) is 5.26 Å². The van der Waals surface area contributed by atoms with Gasteiger partial charge in [0.1, 0.15) is 11.9 Å². The fourth-order valence-electron chi connectivity index (χ4n) is 5.89. The van der Waals surface area contributed by atoms with Crippen molar-refractivity contribution in [2.24, 2.45) is 11.3 Å². The predicted molar refractivity (Wildman–Crippen MR) is 113 cm³/mol. The largest absolute Gasteiger partial charge is 0.384 e. The van der Waals surface area contributed by atoms with E-state index in [0.29, 0.717) is 17.5 Å². The Kier molecular flexibility index (Phi) is 6.10. The van der Waals surface area contributed by atoms with E-state index in [4.69, 9.17) is 14.5 Å². The number of hydrogen-bond acceptors (Lipinski definition) is 6. The summed E-state index contributed by atoms with van der Waals surface area (Å²) in [5, 5.41) is 9.37. The van der Waals surface area contributed by atoms with Gasteiger partial charge in [0.15, 0.2) is 0 Å². The van der Waals surface area contributed by atoms with Gasteiger partial charge in [-0.15, -0.1) is 0 Å². The van der Waals surface area contributed by atoms with E-state index in [-0.39, 0.29) is 5.41 Å². The van der Waals surface area contributed by atoms with E-state index >= 15 is 0 Å². The normalized spacial score (nSPS) is 30.6. The molecule has 3 atom stereocenters. The van der Waals surface area contributed by atoms with E-state index < -0.39 is 0 Å². The zero-order valence-corrected chi connectivity index (χ0v) is 18.1. The van der Waals surface area contributed by atoms with Gasteiger partial charge in [0, 0.05) is 44.7 Å². The van der Waals surface area contributed by atoms with Crippen molar-refractivity contribution in [3.8, 4) is 6.07 Å². The molecule has 3 fully saturated rings. The van der Waals surface area contributed by atoms with E-state index in [0.717, 1.165) is 63.1 Å². The summed E-state index contributed by atoms with van der Waals surface area (Å²) in [6, 6.07) is 5.07. The topological polar surface area (TPSA) is 61.6 Å². The van der Waals surface area contributed by atoms with E-state index in [1.807, 2.05) is 21.0 Å². The van der Waals surface area contributed by atoms with E-state index in [2.05, 4.69) is 21.9 Å². The smallest absolute Gasteiger partial charge is 0.129 e. The number of morpholine rings is 1. The molecule has 1 aromatic rings. The standard InChI is InChI=1S/C23H34N4O2/c1-17-12-22(25-18(2)21(17)14-24)27-7-5-19-13-20(26-8-10-29-11-9-26)4-6-23(19,15-27)16-28-3/h12,19-20H,4-11,13,15-16H2,1-3H3/t19-,20-,23+/m1/s1. The zero-order chi connectivity index (χ0) is 20.4. The lowest BCUT2D eigenvalue weighted by Crippen LogP contribution is -2.57. The van der Waals surface area contributed by atoms with Crippen molar-refractivity contribution in [2.75, 3.05) is 58.0 Å². The van der Waals surface area contributed by atoms with E-state index in [9.17, 15) is 5.26 Å². The van der Waals surface area contributed by atoms with Crippen LogP contribution in [-0.2, 0) is 9.47 Å². The first-order chi connectivity index (χ1) is 14.1. The first-order valence-corrected chi connectivity index (χ1v) is 11.0. The highest BCUT2D eigenvalue weighted by Gasteiger charge is 2.48. The van der Waals surface area contributed by atoms with E-state index in [1.54, 1.807) is 0 Å². The monoisotopic (exact) mass is 398 g/mol. The van der Waals surface area contributed by atoms with Crippen molar-refractivity contribution >= 4 is 5.82 Å². The molecule has 1 aliphatic carbocycles. The van der Waals surface area contributed by atoms with Crippen LogP contribution in [0.2, 0.25) is 0 Å². The van der Waals surface area contributed by atoms with Gasteiger partial charge >= 0.3 is 0 Å². The summed E-state index contributed by atoms with van der Waals surface area (Å²) >= 11 is 0. The Hall–Kier alpha value is -1.68. The zero-order valence-electron chi connectivity index (χ0n) is 18.1. The molecule has 3 aliphatic rings. The minimum atomic E-state index is 0.202. The molecule has 1 saturated carbocycles. The highest BCUT2D eigenvalue weighted by atomic mass is 16.5. The molecule has 0 spiro atoms.